The molecule has 0 saturated carbocycles. The largest absolute Gasteiger partial charge is 0.351 e. The summed E-state index contributed by atoms with van der Waals surface area (Å²) in [7, 11) is 0. The maximum absolute atomic E-state index is 12.7. The number of hydrogen-bond acceptors (Lipinski definition) is 4. The van der Waals surface area contributed by atoms with Gasteiger partial charge in [0.1, 0.15) is 5.82 Å². The molecule has 0 saturated heterocycles. The van der Waals surface area contributed by atoms with Crippen LogP contribution in [0, 0.1) is 5.82 Å². The number of rotatable bonds is 7. The van der Waals surface area contributed by atoms with Crippen molar-refractivity contribution >= 4 is 29.3 Å². The monoisotopic (exact) mass is 333 g/mol. The fourth-order valence-corrected chi connectivity index (χ4v) is 2.37. The van der Waals surface area contributed by atoms with Crippen molar-refractivity contribution in [3.05, 3.63) is 60.2 Å². The first-order valence-corrected chi connectivity index (χ1v) is 8.08. The first-order valence-electron chi connectivity index (χ1n) is 6.92. The average molecular weight is 333 g/mol. The van der Waals surface area contributed by atoms with Crippen LogP contribution < -0.4 is 10.6 Å². The Morgan fingerprint density at radius 2 is 1.65 bits per heavy atom. The molecule has 0 fully saturated rings. The lowest BCUT2D eigenvalue weighted by molar-refractivity contribution is -0.118. The summed E-state index contributed by atoms with van der Waals surface area (Å²) >= 11 is 1.22. The average Bonchev–Trinajstić information content (AvgIpc) is 2.56. The number of pyridine rings is 1. The lowest BCUT2D eigenvalue weighted by atomic mass is 10.3. The summed E-state index contributed by atoms with van der Waals surface area (Å²) in [4.78, 5) is 27.3. The molecule has 0 spiro atoms. The summed E-state index contributed by atoms with van der Waals surface area (Å²) in [5, 5.41) is 5.40. The number of benzene rings is 1. The molecule has 7 heteroatoms. The number of nitrogens with one attached hydrogen (secondary N) is 2. The number of amides is 2. The van der Waals surface area contributed by atoms with Crippen molar-refractivity contribution in [3.63, 3.8) is 0 Å². The number of hydrogen-bond donors (Lipinski definition) is 2. The number of aromatic nitrogens is 1. The quantitative estimate of drug-likeness (QED) is 0.815. The Morgan fingerprint density at radius 1 is 1.00 bits per heavy atom. The van der Waals surface area contributed by atoms with E-state index in [1.165, 1.54) is 36.0 Å². The highest BCUT2D eigenvalue weighted by Crippen LogP contribution is 2.09. The second kappa shape index (κ2) is 8.89. The van der Waals surface area contributed by atoms with E-state index in [4.69, 9.17) is 0 Å². The van der Waals surface area contributed by atoms with Gasteiger partial charge in [-0.1, -0.05) is 0 Å². The van der Waals surface area contributed by atoms with Gasteiger partial charge < -0.3 is 10.6 Å². The fourth-order valence-electron chi connectivity index (χ4n) is 1.72. The van der Waals surface area contributed by atoms with Crippen molar-refractivity contribution in [2.24, 2.45) is 0 Å². The van der Waals surface area contributed by atoms with Gasteiger partial charge in [-0.15, -0.1) is 11.8 Å². The van der Waals surface area contributed by atoms with Crippen LogP contribution in [0.15, 0.2) is 48.8 Å². The van der Waals surface area contributed by atoms with E-state index >= 15 is 0 Å². The Hall–Kier alpha value is -2.41. The summed E-state index contributed by atoms with van der Waals surface area (Å²) in [6, 6.07) is 9.16. The second-order valence-corrected chi connectivity index (χ2v) is 5.67. The third-order valence-corrected chi connectivity index (χ3v) is 3.77. The Kier molecular flexibility index (Phi) is 6.56. The number of halogens is 1. The number of carbonyl (C=O) groups excluding carboxylic acids is 2. The van der Waals surface area contributed by atoms with Gasteiger partial charge in [-0.2, -0.15) is 0 Å². The van der Waals surface area contributed by atoms with Gasteiger partial charge >= 0.3 is 0 Å². The molecule has 5 nitrogen and oxygen atoms in total. The van der Waals surface area contributed by atoms with Crippen molar-refractivity contribution in [3.8, 4) is 0 Å². The van der Waals surface area contributed by atoms with Gasteiger partial charge in [-0.3, -0.25) is 14.6 Å². The molecule has 2 N–H and O–H groups in total. The first kappa shape index (κ1) is 17.0. The van der Waals surface area contributed by atoms with Gasteiger partial charge in [-0.05, 0) is 42.0 Å². The molecule has 0 aliphatic carbocycles. The molecular formula is C16H16FN3O2S. The summed E-state index contributed by atoms with van der Waals surface area (Å²) in [5.41, 5.74) is 1.49. The summed E-state index contributed by atoms with van der Waals surface area (Å²) in [5.74, 6) is -0.379. The van der Waals surface area contributed by atoms with Gasteiger partial charge in [0, 0.05) is 24.6 Å². The Bertz CT molecular complexity index is 650. The van der Waals surface area contributed by atoms with Crippen LogP contribution in [-0.4, -0.2) is 28.3 Å². The first-order chi connectivity index (χ1) is 11.1. The highest BCUT2D eigenvalue weighted by Gasteiger charge is 2.06. The van der Waals surface area contributed by atoms with Gasteiger partial charge in [0.2, 0.25) is 11.8 Å². The van der Waals surface area contributed by atoms with Crippen molar-refractivity contribution in [2.75, 3.05) is 16.8 Å². The van der Waals surface area contributed by atoms with Crippen LogP contribution in [0.1, 0.15) is 5.56 Å². The molecule has 0 aliphatic rings. The van der Waals surface area contributed by atoms with Crippen LogP contribution in [-0.2, 0) is 16.1 Å². The van der Waals surface area contributed by atoms with E-state index in [9.17, 15) is 14.0 Å². The third-order valence-electron chi connectivity index (χ3n) is 2.83. The third kappa shape index (κ3) is 6.48. The molecule has 1 aromatic carbocycles. The van der Waals surface area contributed by atoms with Crippen molar-refractivity contribution in [2.45, 2.75) is 6.54 Å². The molecule has 2 amide bonds. The highest BCUT2D eigenvalue weighted by molar-refractivity contribution is 8.00. The van der Waals surface area contributed by atoms with Gasteiger partial charge in [0.05, 0.1) is 11.5 Å². The van der Waals surface area contributed by atoms with E-state index in [0.29, 0.717) is 12.2 Å². The Balaban J connectivity index is 1.63. The van der Waals surface area contributed by atoms with Gasteiger partial charge in [0.25, 0.3) is 0 Å². The Morgan fingerprint density at radius 3 is 2.35 bits per heavy atom. The predicted octanol–water partition coefficient (Wildman–Crippen LogP) is 2.21. The number of anilines is 1. The zero-order chi connectivity index (χ0) is 16.5. The predicted molar refractivity (Wildman–Crippen MR) is 88.4 cm³/mol. The number of carbonyl (C=O) groups is 2. The normalized spacial score (nSPS) is 10.1. The van der Waals surface area contributed by atoms with Gasteiger partial charge in [0.15, 0.2) is 0 Å². The van der Waals surface area contributed by atoms with Crippen LogP contribution in [0.25, 0.3) is 0 Å². The molecular weight excluding hydrogens is 317 g/mol. The zero-order valence-electron chi connectivity index (χ0n) is 12.3. The summed E-state index contributed by atoms with van der Waals surface area (Å²) in [6.45, 7) is 0.434. The molecule has 0 radical (unpaired) electrons. The fraction of sp³-hybridized carbons (Fsp3) is 0.188. The van der Waals surface area contributed by atoms with Crippen LogP contribution >= 0.6 is 11.8 Å². The molecule has 120 valence electrons. The summed E-state index contributed by atoms with van der Waals surface area (Å²) in [6.07, 6.45) is 3.33. The number of thioether (sulfide) groups is 1. The van der Waals surface area contributed by atoms with E-state index in [1.54, 1.807) is 12.4 Å². The second-order valence-electron chi connectivity index (χ2n) is 4.68. The Labute approximate surface area is 137 Å². The van der Waals surface area contributed by atoms with E-state index in [0.717, 1.165) is 5.56 Å². The van der Waals surface area contributed by atoms with Crippen LogP contribution in [0.5, 0.6) is 0 Å². The molecule has 0 aliphatic heterocycles. The minimum atomic E-state index is -0.358. The standard InChI is InChI=1S/C16H16FN3O2S/c17-13-1-3-14(4-2-13)20-16(22)11-23-10-15(21)19-9-12-5-7-18-8-6-12/h1-8H,9-11H2,(H,19,21)(H,20,22). The molecule has 0 bridgehead atoms. The van der Waals surface area contributed by atoms with Gasteiger partial charge in [-0.25, -0.2) is 4.39 Å². The van der Waals surface area contributed by atoms with Crippen molar-refractivity contribution in [1.29, 1.82) is 0 Å². The number of nitrogens with zero attached hydrogens (tertiary/aromatic N) is 1. The highest BCUT2D eigenvalue weighted by atomic mass is 32.2. The molecule has 1 aromatic heterocycles. The molecule has 0 unspecified atom stereocenters. The molecule has 0 atom stereocenters. The van der Waals surface area contributed by atoms with Crippen LogP contribution in [0.2, 0.25) is 0 Å². The van der Waals surface area contributed by atoms with Crippen LogP contribution in [0.4, 0.5) is 10.1 Å². The van der Waals surface area contributed by atoms with E-state index in [-0.39, 0.29) is 29.1 Å². The smallest absolute Gasteiger partial charge is 0.234 e. The summed E-state index contributed by atoms with van der Waals surface area (Å²) < 4.78 is 12.7. The lowest BCUT2D eigenvalue weighted by Gasteiger charge is -2.06. The van der Waals surface area contributed by atoms with E-state index in [2.05, 4.69) is 15.6 Å². The molecule has 23 heavy (non-hydrogen) atoms. The van der Waals surface area contributed by atoms with E-state index in [1.807, 2.05) is 12.1 Å². The maximum Gasteiger partial charge on any atom is 0.234 e. The van der Waals surface area contributed by atoms with Crippen molar-refractivity contribution < 1.29 is 14.0 Å². The minimum absolute atomic E-state index is 0.138. The molecule has 2 rings (SSSR count). The van der Waals surface area contributed by atoms with Crippen molar-refractivity contribution in [1.82, 2.24) is 10.3 Å². The lowest BCUT2D eigenvalue weighted by Crippen LogP contribution is -2.25. The topological polar surface area (TPSA) is 71.1 Å². The SMILES string of the molecule is O=C(CSCC(=O)Nc1ccc(F)cc1)NCc1ccncc1. The maximum atomic E-state index is 12.7. The van der Waals surface area contributed by atoms with E-state index < -0.39 is 0 Å². The molecule has 2 aromatic rings. The van der Waals surface area contributed by atoms with Crippen LogP contribution in [0.3, 0.4) is 0 Å². The molecule has 1 heterocycles. The minimum Gasteiger partial charge on any atom is -0.351 e. The zero-order valence-corrected chi connectivity index (χ0v) is 13.1.